The largest absolute Gasteiger partial charge is 0.393 e. The second-order valence-corrected chi connectivity index (χ2v) is 2.70. The molecule has 5 heteroatoms. The van der Waals surface area contributed by atoms with E-state index in [1.807, 2.05) is 6.07 Å². The van der Waals surface area contributed by atoms with Crippen molar-refractivity contribution in [3.05, 3.63) is 34.6 Å². The third-order valence-electron chi connectivity index (χ3n) is 1.79. The second kappa shape index (κ2) is 3.45. The van der Waals surface area contributed by atoms with E-state index < -0.39 is 0 Å². The molecule has 14 heavy (non-hydrogen) atoms. The molecule has 0 saturated heterocycles. The van der Waals surface area contributed by atoms with E-state index in [1.54, 1.807) is 25.1 Å². The van der Waals surface area contributed by atoms with Crippen molar-refractivity contribution in [2.24, 2.45) is 0 Å². The van der Waals surface area contributed by atoms with Gasteiger partial charge < -0.3 is 4.84 Å². The Balaban J connectivity index is 2.69. The van der Waals surface area contributed by atoms with Crippen molar-refractivity contribution in [2.75, 3.05) is 6.61 Å². The third-order valence-corrected chi connectivity index (χ3v) is 1.79. The Morgan fingerprint density at radius 1 is 1.43 bits per heavy atom. The van der Waals surface area contributed by atoms with Gasteiger partial charge in [0.25, 0.3) is 0 Å². The minimum Gasteiger partial charge on any atom is -0.393 e. The summed E-state index contributed by atoms with van der Waals surface area (Å²) in [4.78, 5) is 17.5. The van der Waals surface area contributed by atoms with Crippen LogP contribution in [0.4, 0.5) is 0 Å². The van der Waals surface area contributed by atoms with Gasteiger partial charge in [-0.1, -0.05) is 12.1 Å². The number of aromatic nitrogens is 3. The van der Waals surface area contributed by atoms with E-state index in [2.05, 4.69) is 10.3 Å². The molecule has 0 aliphatic rings. The summed E-state index contributed by atoms with van der Waals surface area (Å²) in [5, 5.41) is 7.99. The number of hydrogen-bond acceptors (Lipinski definition) is 4. The highest BCUT2D eigenvalue weighted by molar-refractivity contribution is 5.76. The number of rotatable bonds is 2. The first-order valence-electron chi connectivity index (χ1n) is 4.31. The smallest absolute Gasteiger partial charge is 0.314 e. The zero-order valence-electron chi connectivity index (χ0n) is 7.67. The van der Waals surface area contributed by atoms with Crippen molar-refractivity contribution >= 4 is 10.9 Å². The summed E-state index contributed by atoms with van der Waals surface area (Å²) in [6.45, 7) is 2.16. The van der Waals surface area contributed by atoms with Gasteiger partial charge >= 0.3 is 5.56 Å². The average molecular weight is 191 g/mol. The van der Waals surface area contributed by atoms with Gasteiger partial charge in [-0.25, -0.2) is 0 Å². The number of benzene rings is 1. The molecule has 0 radical (unpaired) electrons. The van der Waals surface area contributed by atoms with E-state index in [9.17, 15) is 4.79 Å². The van der Waals surface area contributed by atoms with Crippen LogP contribution in [0.5, 0.6) is 0 Å². The summed E-state index contributed by atoms with van der Waals surface area (Å²) in [5.41, 5.74) is 0.297. The lowest BCUT2D eigenvalue weighted by Crippen LogP contribution is -2.30. The molecule has 1 heterocycles. The van der Waals surface area contributed by atoms with Gasteiger partial charge in [-0.2, -0.15) is 0 Å². The van der Waals surface area contributed by atoms with Gasteiger partial charge in [-0.3, -0.25) is 4.79 Å². The van der Waals surface area contributed by atoms with Gasteiger partial charge in [0.05, 0.1) is 5.39 Å². The molecule has 0 aliphatic carbocycles. The van der Waals surface area contributed by atoms with Crippen LogP contribution in [-0.2, 0) is 0 Å². The van der Waals surface area contributed by atoms with E-state index >= 15 is 0 Å². The monoisotopic (exact) mass is 191 g/mol. The maximum Gasteiger partial charge on any atom is 0.314 e. The Hall–Kier alpha value is -1.91. The molecule has 72 valence electrons. The highest BCUT2D eigenvalue weighted by Crippen LogP contribution is 2.02. The maximum atomic E-state index is 11.7. The van der Waals surface area contributed by atoms with Crippen molar-refractivity contribution in [3.63, 3.8) is 0 Å². The second-order valence-electron chi connectivity index (χ2n) is 2.70. The fourth-order valence-corrected chi connectivity index (χ4v) is 1.18. The predicted molar refractivity (Wildman–Crippen MR) is 50.9 cm³/mol. The van der Waals surface area contributed by atoms with Crippen LogP contribution in [0.25, 0.3) is 10.9 Å². The van der Waals surface area contributed by atoms with Crippen LogP contribution in [-0.4, -0.2) is 21.8 Å². The van der Waals surface area contributed by atoms with E-state index in [-0.39, 0.29) is 5.56 Å². The van der Waals surface area contributed by atoms with Crippen molar-refractivity contribution in [1.29, 1.82) is 0 Å². The third kappa shape index (κ3) is 1.32. The molecule has 0 saturated carbocycles. The maximum absolute atomic E-state index is 11.7. The van der Waals surface area contributed by atoms with Crippen LogP contribution >= 0.6 is 0 Å². The van der Waals surface area contributed by atoms with E-state index in [0.717, 1.165) is 4.85 Å². The lowest BCUT2D eigenvalue weighted by molar-refractivity contribution is 0.0765. The first kappa shape index (κ1) is 8.68. The molecule has 5 nitrogen and oxygen atoms in total. The standard InChI is InChI=1S/C9H9N3O2/c1-2-14-12-9(13)7-5-3-4-6-8(7)10-11-12/h3-6H,2H2,1H3. The molecule has 2 aromatic rings. The zero-order valence-corrected chi connectivity index (χ0v) is 7.67. The Labute approximate surface area is 79.9 Å². The molecule has 0 atom stereocenters. The first-order valence-corrected chi connectivity index (χ1v) is 4.31. The molecule has 0 aliphatic heterocycles. The van der Waals surface area contributed by atoms with Gasteiger partial charge in [0.1, 0.15) is 12.1 Å². The van der Waals surface area contributed by atoms with Gasteiger partial charge in [0.15, 0.2) is 0 Å². The number of nitrogens with zero attached hydrogens (tertiary/aromatic N) is 3. The molecule has 1 aromatic heterocycles. The van der Waals surface area contributed by atoms with Crippen molar-refractivity contribution < 1.29 is 4.84 Å². The van der Waals surface area contributed by atoms with E-state index in [0.29, 0.717) is 17.5 Å². The molecule has 0 bridgehead atoms. The van der Waals surface area contributed by atoms with Gasteiger partial charge in [0, 0.05) is 0 Å². The highest BCUT2D eigenvalue weighted by Gasteiger charge is 2.03. The van der Waals surface area contributed by atoms with Crippen LogP contribution in [0.15, 0.2) is 29.1 Å². The zero-order chi connectivity index (χ0) is 9.97. The number of fused-ring (bicyclic) bond motifs is 1. The quantitative estimate of drug-likeness (QED) is 0.682. The lowest BCUT2D eigenvalue weighted by atomic mass is 10.2. The molecule has 2 rings (SSSR count). The summed E-state index contributed by atoms with van der Waals surface area (Å²) < 4.78 is 0. The Bertz CT molecular complexity index is 507. The summed E-state index contributed by atoms with van der Waals surface area (Å²) in [6, 6.07) is 7.02. The Kier molecular flexibility index (Phi) is 2.14. The molecule has 0 amide bonds. The SMILES string of the molecule is CCOn1nnc2ccccc2c1=O. The molecule has 1 aromatic carbocycles. The summed E-state index contributed by atoms with van der Waals surface area (Å²) in [5.74, 6) is 0. The molecule has 0 unspecified atom stereocenters. The van der Waals surface area contributed by atoms with Crippen molar-refractivity contribution in [1.82, 2.24) is 15.2 Å². The van der Waals surface area contributed by atoms with Crippen molar-refractivity contribution in [3.8, 4) is 0 Å². The first-order chi connectivity index (χ1) is 6.83. The summed E-state index contributed by atoms with van der Waals surface area (Å²) in [7, 11) is 0. The van der Waals surface area contributed by atoms with Crippen LogP contribution in [0, 0.1) is 0 Å². The fourth-order valence-electron chi connectivity index (χ4n) is 1.18. The molecule has 0 fully saturated rings. The van der Waals surface area contributed by atoms with Crippen LogP contribution < -0.4 is 10.4 Å². The molecular weight excluding hydrogens is 182 g/mol. The normalized spacial score (nSPS) is 10.4. The highest BCUT2D eigenvalue weighted by atomic mass is 16.7. The Morgan fingerprint density at radius 3 is 3.00 bits per heavy atom. The van der Waals surface area contributed by atoms with Crippen molar-refractivity contribution in [2.45, 2.75) is 6.92 Å². The molecule has 0 spiro atoms. The summed E-state index contributed by atoms with van der Waals surface area (Å²) in [6.07, 6.45) is 0. The molecule has 0 N–H and O–H groups in total. The predicted octanol–water partition coefficient (Wildman–Crippen LogP) is 0.240. The fraction of sp³-hybridized carbons (Fsp3) is 0.222. The van der Waals surface area contributed by atoms with Gasteiger partial charge in [-0.15, -0.1) is 5.10 Å². The lowest BCUT2D eigenvalue weighted by Gasteiger charge is -2.02. The van der Waals surface area contributed by atoms with Gasteiger partial charge in [-0.05, 0) is 29.1 Å². The number of hydrogen-bond donors (Lipinski definition) is 0. The van der Waals surface area contributed by atoms with Crippen LogP contribution in [0.2, 0.25) is 0 Å². The average Bonchev–Trinajstić information content (AvgIpc) is 2.23. The minimum absolute atomic E-state index is 0.280. The molecular formula is C9H9N3O2. The van der Waals surface area contributed by atoms with E-state index in [4.69, 9.17) is 4.84 Å². The summed E-state index contributed by atoms with van der Waals surface area (Å²) >= 11 is 0. The topological polar surface area (TPSA) is 57.0 Å². The van der Waals surface area contributed by atoms with Crippen LogP contribution in [0.1, 0.15) is 6.92 Å². The van der Waals surface area contributed by atoms with E-state index in [1.165, 1.54) is 0 Å². The van der Waals surface area contributed by atoms with Crippen LogP contribution in [0.3, 0.4) is 0 Å². The minimum atomic E-state index is -0.280. The Morgan fingerprint density at radius 2 is 2.21 bits per heavy atom. The van der Waals surface area contributed by atoms with Gasteiger partial charge in [0.2, 0.25) is 0 Å².